The highest BCUT2D eigenvalue weighted by molar-refractivity contribution is 7.14. The smallest absolute Gasteiger partial charge is 0.187 e. The lowest BCUT2D eigenvalue weighted by atomic mass is 10.1. The number of thiazole rings is 1. The number of hydrogen-bond acceptors (Lipinski definition) is 6. The Balaban J connectivity index is 0.00000225. The summed E-state index contributed by atoms with van der Waals surface area (Å²) < 4.78 is 15.8. The number of hydrogen-bond donors (Lipinski definition) is 1. The second kappa shape index (κ2) is 8.60. The molecule has 0 aliphatic carbocycles. The number of ether oxygens (including phenoxy) is 3. The van der Waals surface area contributed by atoms with E-state index in [1.54, 1.807) is 21.3 Å². The fourth-order valence-corrected chi connectivity index (χ4v) is 2.99. The van der Waals surface area contributed by atoms with Gasteiger partial charge in [-0.15, -0.1) is 23.7 Å². The van der Waals surface area contributed by atoms with E-state index in [1.165, 1.54) is 11.3 Å². The van der Waals surface area contributed by atoms with Gasteiger partial charge in [0.15, 0.2) is 5.13 Å². The van der Waals surface area contributed by atoms with E-state index < -0.39 is 0 Å². The molecule has 3 rings (SSSR count). The van der Waals surface area contributed by atoms with Crippen molar-refractivity contribution in [1.29, 1.82) is 0 Å². The van der Waals surface area contributed by atoms with Gasteiger partial charge in [0.05, 0.1) is 27.0 Å². The average Bonchev–Trinajstić information content (AvgIpc) is 3.10. The van der Waals surface area contributed by atoms with Crippen LogP contribution in [0.3, 0.4) is 0 Å². The minimum atomic E-state index is 0. The van der Waals surface area contributed by atoms with Crippen molar-refractivity contribution in [2.24, 2.45) is 0 Å². The Hall–Kier alpha value is -2.44. The van der Waals surface area contributed by atoms with Gasteiger partial charge in [0.1, 0.15) is 17.2 Å². The number of rotatable bonds is 6. The molecular weight excluding hydrogens is 360 g/mol. The Bertz CT molecular complexity index is 821. The molecule has 0 aliphatic rings. The van der Waals surface area contributed by atoms with Gasteiger partial charge in [-0.2, -0.15) is 0 Å². The first-order valence-corrected chi connectivity index (χ1v) is 8.20. The Labute approximate surface area is 157 Å². The highest BCUT2D eigenvalue weighted by atomic mass is 35.5. The number of anilines is 2. The molecule has 1 aromatic heterocycles. The predicted octanol–water partition coefficient (Wildman–Crippen LogP) is 5.00. The number of benzene rings is 2. The molecule has 0 amide bonds. The van der Waals surface area contributed by atoms with Crippen molar-refractivity contribution in [1.82, 2.24) is 4.98 Å². The van der Waals surface area contributed by atoms with Crippen molar-refractivity contribution >= 4 is 34.6 Å². The number of halogens is 1. The normalized spacial score (nSPS) is 9.88. The van der Waals surface area contributed by atoms with Crippen LogP contribution in [0.2, 0.25) is 0 Å². The number of aromatic nitrogens is 1. The zero-order valence-electron chi connectivity index (χ0n) is 14.1. The molecular formula is C18H19ClN2O3S. The first-order chi connectivity index (χ1) is 11.7. The largest absolute Gasteiger partial charge is 0.497 e. The zero-order valence-corrected chi connectivity index (χ0v) is 15.7. The third-order valence-corrected chi connectivity index (χ3v) is 4.29. The molecule has 3 aromatic rings. The second-order valence-electron chi connectivity index (χ2n) is 4.96. The fraction of sp³-hybridized carbons (Fsp3) is 0.167. The standard InChI is InChI=1S/C18H18N2O3S.ClH/c1-21-13-6-4-12(5-7-13)19-18-20-16(11-24-18)15-9-8-14(22-2)10-17(15)23-3;/h4-11H,1-3H3,(H,19,20);1H. The van der Waals surface area contributed by atoms with Gasteiger partial charge in [0.25, 0.3) is 0 Å². The molecule has 1 heterocycles. The second-order valence-corrected chi connectivity index (χ2v) is 5.82. The lowest BCUT2D eigenvalue weighted by Crippen LogP contribution is -1.92. The van der Waals surface area contributed by atoms with Crippen molar-refractivity contribution in [3.63, 3.8) is 0 Å². The van der Waals surface area contributed by atoms with Gasteiger partial charge < -0.3 is 19.5 Å². The van der Waals surface area contributed by atoms with Gasteiger partial charge in [-0.1, -0.05) is 0 Å². The minimum absolute atomic E-state index is 0. The van der Waals surface area contributed by atoms with Gasteiger partial charge in [0, 0.05) is 22.7 Å². The molecule has 0 unspecified atom stereocenters. The highest BCUT2D eigenvalue weighted by Crippen LogP contribution is 2.35. The quantitative estimate of drug-likeness (QED) is 0.654. The monoisotopic (exact) mass is 378 g/mol. The van der Waals surface area contributed by atoms with E-state index in [1.807, 2.05) is 47.8 Å². The molecule has 0 bridgehead atoms. The molecule has 132 valence electrons. The predicted molar refractivity (Wildman–Crippen MR) is 104 cm³/mol. The maximum atomic E-state index is 5.45. The van der Waals surface area contributed by atoms with Crippen LogP contribution in [-0.4, -0.2) is 26.3 Å². The molecule has 0 saturated carbocycles. The molecule has 0 aliphatic heterocycles. The van der Waals surface area contributed by atoms with Crippen molar-refractivity contribution in [3.8, 4) is 28.5 Å². The summed E-state index contributed by atoms with van der Waals surface area (Å²) >= 11 is 1.54. The van der Waals surface area contributed by atoms with E-state index in [0.29, 0.717) is 0 Å². The summed E-state index contributed by atoms with van der Waals surface area (Å²) in [4.78, 5) is 4.64. The van der Waals surface area contributed by atoms with E-state index in [4.69, 9.17) is 14.2 Å². The fourth-order valence-electron chi connectivity index (χ4n) is 2.26. The summed E-state index contributed by atoms with van der Waals surface area (Å²) in [5.74, 6) is 2.31. The van der Waals surface area contributed by atoms with Crippen molar-refractivity contribution in [2.75, 3.05) is 26.6 Å². The van der Waals surface area contributed by atoms with Crippen LogP contribution in [0.25, 0.3) is 11.3 Å². The topological polar surface area (TPSA) is 52.6 Å². The van der Waals surface area contributed by atoms with Crippen LogP contribution in [0.4, 0.5) is 10.8 Å². The van der Waals surface area contributed by atoms with Gasteiger partial charge >= 0.3 is 0 Å². The maximum Gasteiger partial charge on any atom is 0.187 e. The van der Waals surface area contributed by atoms with Crippen LogP contribution >= 0.6 is 23.7 Å². The molecule has 1 N–H and O–H groups in total. The van der Waals surface area contributed by atoms with Gasteiger partial charge in [-0.3, -0.25) is 0 Å². The summed E-state index contributed by atoms with van der Waals surface area (Å²) in [6, 6.07) is 13.4. The number of nitrogens with one attached hydrogen (secondary N) is 1. The first kappa shape index (κ1) is 18.9. The molecule has 0 fully saturated rings. The SMILES string of the molecule is COc1ccc(Nc2nc(-c3ccc(OC)cc3OC)cs2)cc1.Cl. The summed E-state index contributed by atoms with van der Waals surface area (Å²) in [5, 5.41) is 6.10. The molecule has 0 radical (unpaired) electrons. The van der Waals surface area contributed by atoms with E-state index in [0.717, 1.165) is 39.3 Å². The van der Waals surface area contributed by atoms with Crippen LogP contribution < -0.4 is 19.5 Å². The molecule has 2 aromatic carbocycles. The van der Waals surface area contributed by atoms with E-state index in [9.17, 15) is 0 Å². The molecule has 25 heavy (non-hydrogen) atoms. The van der Waals surface area contributed by atoms with Crippen molar-refractivity contribution in [3.05, 3.63) is 47.8 Å². The highest BCUT2D eigenvalue weighted by Gasteiger charge is 2.11. The van der Waals surface area contributed by atoms with Crippen LogP contribution in [0, 0.1) is 0 Å². The van der Waals surface area contributed by atoms with Crippen LogP contribution in [0.5, 0.6) is 17.2 Å². The van der Waals surface area contributed by atoms with Gasteiger partial charge in [0.2, 0.25) is 0 Å². The summed E-state index contributed by atoms with van der Waals surface area (Å²) in [6.45, 7) is 0. The lowest BCUT2D eigenvalue weighted by molar-refractivity contribution is 0.395. The molecule has 5 nitrogen and oxygen atoms in total. The van der Waals surface area contributed by atoms with Gasteiger partial charge in [-0.05, 0) is 36.4 Å². The average molecular weight is 379 g/mol. The maximum absolute atomic E-state index is 5.45. The number of nitrogens with zero attached hydrogens (tertiary/aromatic N) is 1. The Morgan fingerprint density at radius 3 is 2.20 bits per heavy atom. The lowest BCUT2D eigenvalue weighted by Gasteiger charge is -2.08. The third kappa shape index (κ3) is 4.35. The minimum Gasteiger partial charge on any atom is -0.497 e. The van der Waals surface area contributed by atoms with E-state index in [-0.39, 0.29) is 12.4 Å². The summed E-state index contributed by atoms with van der Waals surface area (Å²) in [6.07, 6.45) is 0. The number of methoxy groups -OCH3 is 3. The van der Waals surface area contributed by atoms with Crippen molar-refractivity contribution < 1.29 is 14.2 Å². The van der Waals surface area contributed by atoms with Crippen molar-refractivity contribution in [2.45, 2.75) is 0 Å². The summed E-state index contributed by atoms with van der Waals surface area (Å²) in [5.41, 5.74) is 2.74. The van der Waals surface area contributed by atoms with Crippen LogP contribution in [0.15, 0.2) is 47.8 Å². The Morgan fingerprint density at radius 1 is 0.880 bits per heavy atom. The molecule has 0 spiro atoms. The van der Waals surface area contributed by atoms with E-state index >= 15 is 0 Å². The molecule has 7 heteroatoms. The van der Waals surface area contributed by atoms with Crippen LogP contribution in [-0.2, 0) is 0 Å². The Morgan fingerprint density at radius 2 is 1.56 bits per heavy atom. The third-order valence-electron chi connectivity index (χ3n) is 3.53. The molecule has 0 atom stereocenters. The zero-order chi connectivity index (χ0) is 16.9. The van der Waals surface area contributed by atoms with Crippen LogP contribution in [0.1, 0.15) is 0 Å². The van der Waals surface area contributed by atoms with E-state index in [2.05, 4.69) is 10.3 Å². The molecule has 0 saturated heterocycles. The first-order valence-electron chi connectivity index (χ1n) is 7.32. The van der Waals surface area contributed by atoms with Gasteiger partial charge in [-0.25, -0.2) is 4.98 Å². The summed E-state index contributed by atoms with van der Waals surface area (Å²) in [7, 11) is 4.92. The Kier molecular flexibility index (Phi) is 6.50.